The van der Waals surface area contributed by atoms with Crippen LogP contribution in [0.15, 0.2) is 36.4 Å². The molecule has 2 aliphatic rings. The summed E-state index contributed by atoms with van der Waals surface area (Å²) < 4.78 is 19.7. The molecule has 4 rings (SSSR count). The van der Waals surface area contributed by atoms with Crippen molar-refractivity contribution in [1.29, 1.82) is 5.26 Å². The average Bonchev–Trinajstić information content (AvgIpc) is 3.29. The minimum absolute atomic E-state index is 0.0107. The second kappa shape index (κ2) is 8.96. The zero-order valence-corrected chi connectivity index (χ0v) is 20.1. The summed E-state index contributed by atoms with van der Waals surface area (Å²) in [5.41, 5.74) is 1.93. The Labute approximate surface area is 199 Å². The lowest BCUT2D eigenvalue weighted by Gasteiger charge is -2.31. The van der Waals surface area contributed by atoms with Crippen molar-refractivity contribution in [1.82, 2.24) is 10.2 Å². The van der Waals surface area contributed by atoms with E-state index in [1.807, 2.05) is 45.0 Å². The van der Waals surface area contributed by atoms with Gasteiger partial charge in [-0.25, -0.2) is 9.18 Å². The number of alkyl carbamates (subject to hydrolysis) is 1. The van der Waals surface area contributed by atoms with Crippen molar-refractivity contribution in [3.8, 4) is 17.2 Å². The Balaban J connectivity index is 1.55. The number of fused-ring (bicyclic) bond motifs is 2. The van der Waals surface area contributed by atoms with Crippen molar-refractivity contribution in [3.63, 3.8) is 0 Å². The molecule has 5 nitrogen and oxygen atoms in total. The fourth-order valence-electron chi connectivity index (χ4n) is 5.22. The van der Waals surface area contributed by atoms with Gasteiger partial charge in [-0.15, -0.1) is 0 Å². The van der Waals surface area contributed by atoms with Crippen LogP contribution in [0.1, 0.15) is 64.1 Å². The number of hydrogen-bond donors (Lipinski definition) is 1. The zero-order valence-electron chi connectivity index (χ0n) is 19.4. The van der Waals surface area contributed by atoms with E-state index in [4.69, 9.17) is 21.6 Å². The van der Waals surface area contributed by atoms with Crippen LogP contribution in [0.4, 0.5) is 9.18 Å². The molecule has 1 N–H and O–H groups in total. The van der Waals surface area contributed by atoms with Crippen LogP contribution in [-0.4, -0.2) is 34.7 Å². The molecule has 7 heteroatoms. The van der Waals surface area contributed by atoms with Gasteiger partial charge >= 0.3 is 6.09 Å². The summed E-state index contributed by atoms with van der Waals surface area (Å²) in [6.45, 7) is 7.74. The number of nitriles is 1. The molecule has 0 aliphatic carbocycles. The fraction of sp³-hybridized carbons (Fsp3) is 0.462. The molecule has 1 amide bonds. The largest absolute Gasteiger partial charge is 0.444 e. The minimum atomic E-state index is -0.557. The predicted molar refractivity (Wildman–Crippen MR) is 126 cm³/mol. The third kappa shape index (κ3) is 4.85. The monoisotopic (exact) mass is 469 g/mol. The Morgan fingerprint density at radius 2 is 2.03 bits per heavy atom. The van der Waals surface area contributed by atoms with Gasteiger partial charge in [0.1, 0.15) is 17.5 Å². The maximum atomic E-state index is 14.2. The summed E-state index contributed by atoms with van der Waals surface area (Å²) in [7, 11) is 0. The number of hydrogen-bond acceptors (Lipinski definition) is 4. The van der Waals surface area contributed by atoms with Crippen molar-refractivity contribution < 1.29 is 13.9 Å². The molecule has 0 aromatic heterocycles. The Morgan fingerprint density at radius 1 is 1.27 bits per heavy atom. The second-order valence-electron chi connectivity index (χ2n) is 9.96. The van der Waals surface area contributed by atoms with Gasteiger partial charge in [0.05, 0.1) is 5.56 Å². The number of amides is 1. The highest BCUT2D eigenvalue weighted by atomic mass is 35.5. The molecular formula is C26H29ClFN3O2. The molecule has 0 spiro atoms. The minimum Gasteiger partial charge on any atom is -0.444 e. The van der Waals surface area contributed by atoms with Crippen LogP contribution in [0, 0.1) is 17.1 Å². The predicted octanol–water partition coefficient (Wildman–Crippen LogP) is 6.21. The molecule has 2 aliphatic heterocycles. The van der Waals surface area contributed by atoms with Crippen molar-refractivity contribution in [2.24, 2.45) is 0 Å². The molecule has 2 aromatic carbocycles. The molecule has 2 heterocycles. The van der Waals surface area contributed by atoms with E-state index in [0.29, 0.717) is 16.6 Å². The van der Waals surface area contributed by atoms with Gasteiger partial charge in [0.15, 0.2) is 0 Å². The van der Waals surface area contributed by atoms with E-state index in [2.05, 4.69) is 17.1 Å². The molecule has 0 saturated carbocycles. The van der Waals surface area contributed by atoms with E-state index < -0.39 is 11.4 Å². The summed E-state index contributed by atoms with van der Waals surface area (Å²) in [5, 5.41) is 12.6. The first-order valence-corrected chi connectivity index (χ1v) is 11.7. The number of nitrogens with zero attached hydrogens (tertiary/aromatic N) is 2. The Kier molecular flexibility index (Phi) is 6.39. The molecule has 0 radical (unpaired) electrons. The zero-order chi connectivity index (χ0) is 23.9. The Morgan fingerprint density at radius 3 is 2.70 bits per heavy atom. The summed E-state index contributed by atoms with van der Waals surface area (Å²) in [5.74, 6) is -0.557. The van der Waals surface area contributed by atoms with Crippen molar-refractivity contribution in [2.75, 3.05) is 0 Å². The van der Waals surface area contributed by atoms with E-state index in [0.717, 1.165) is 30.4 Å². The Bertz CT molecular complexity index is 1110. The maximum Gasteiger partial charge on any atom is 0.407 e. The van der Waals surface area contributed by atoms with Crippen LogP contribution in [0.3, 0.4) is 0 Å². The first-order chi connectivity index (χ1) is 15.6. The molecule has 4 atom stereocenters. The van der Waals surface area contributed by atoms with Crippen LogP contribution in [-0.2, 0) is 4.74 Å². The van der Waals surface area contributed by atoms with E-state index in [1.165, 1.54) is 12.1 Å². The second-order valence-corrected chi connectivity index (χ2v) is 10.4. The number of benzene rings is 2. The van der Waals surface area contributed by atoms with E-state index in [9.17, 15) is 9.18 Å². The number of rotatable bonds is 4. The quantitative estimate of drug-likeness (QED) is 0.578. The topological polar surface area (TPSA) is 65.4 Å². The third-order valence-electron chi connectivity index (χ3n) is 6.61. The first-order valence-electron chi connectivity index (χ1n) is 11.3. The van der Waals surface area contributed by atoms with Gasteiger partial charge < -0.3 is 10.1 Å². The molecule has 174 valence electrons. The van der Waals surface area contributed by atoms with Crippen LogP contribution in [0.5, 0.6) is 0 Å². The van der Waals surface area contributed by atoms with Crippen LogP contribution in [0.25, 0.3) is 11.1 Å². The lowest BCUT2D eigenvalue weighted by Crippen LogP contribution is -2.46. The van der Waals surface area contributed by atoms with Gasteiger partial charge in [-0.2, -0.15) is 5.26 Å². The molecule has 2 saturated heterocycles. The van der Waals surface area contributed by atoms with Gasteiger partial charge in [0.25, 0.3) is 0 Å². The smallest absolute Gasteiger partial charge is 0.407 e. The summed E-state index contributed by atoms with van der Waals surface area (Å²) in [6.07, 6.45) is 2.65. The molecule has 2 aromatic rings. The number of halogens is 2. The summed E-state index contributed by atoms with van der Waals surface area (Å²) >= 11 is 6.46. The van der Waals surface area contributed by atoms with Gasteiger partial charge in [-0.3, -0.25) is 4.90 Å². The Hall–Kier alpha value is -2.62. The molecule has 2 fully saturated rings. The normalized spacial score (nSPS) is 23.2. The first kappa shape index (κ1) is 23.5. The summed E-state index contributed by atoms with van der Waals surface area (Å²) in [4.78, 5) is 14.8. The highest BCUT2D eigenvalue weighted by Gasteiger charge is 2.49. The lowest BCUT2D eigenvalue weighted by atomic mass is 9.96. The highest BCUT2D eigenvalue weighted by Crippen LogP contribution is 2.44. The van der Waals surface area contributed by atoms with Crippen LogP contribution in [0.2, 0.25) is 5.02 Å². The van der Waals surface area contributed by atoms with Crippen molar-refractivity contribution in [2.45, 2.75) is 76.7 Å². The van der Waals surface area contributed by atoms with Gasteiger partial charge in [0, 0.05) is 34.8 Å². The van der Waals surface area contributed by atoms with E-state index in [-0.39, 0.29) is 29.8 Å². The van der Waals surface area contributed by atoms with Gasteiger partial charge in [0.2, 0.25) is 0 Å². The molecule has 2 bridgehead atoms. The van der Waals surface area contributed by atoms with Crippen molar-refractivity contribution >= 4 is 17.7 Å². The maximum absolute atomic E-state index is 14.2. The molecular weight excluding hydrogens is 441 g/mol. The number of ether oxygens (including phenoxy) is 1. The highest BCUT2D eigenvalue weighted by molar-refractivity contribution is 6.33. The third-order valence-corrected chi connectivity index (χ3v) is 6.94. The average molecular weight is 470 g/mol. The van der Waals surface area contributed by atoms with Crippen LogP contribution >= 0.6 is 11.6 Å². The SMILES string of the molecule is CC(c1ccc(Cl)c(-c2ccc(C#N)c(F)c2)c1)N1[C@H]2CC[C@@H]1[C@H](NC(=O)OC(C)(C)C)C2. The fourth-order valence-corrected chi connectivity index (χ4v) is 5.44. The van der Waals surface area contributed by atoms with Crippen LogP contribution < -0.4 is 5.32 Å². The number of nitrogens with one attached hydrogen (secondary N) is 1. The summed E-state index contributed by atoms with van der Waals surface area (Å²) in [6, 6.07) is 13.0. The number of carbonyl (C=O) groups is 1. The van der Waals surface area contributed by atoms with E-state index >= 15 is 0 Å². The van der Waals surface area contributed by atoms with Crippen molar-refractivity contribution in [3.05, 3.63) is 58.4 Å². The van der Waals surface area contributed by atoms with E-state index in [1.54, 1.807) is 6.07 Å². The van der Waals surface area contributed by atoms with Gasteiger partial charge in [-0.1, -0.05) is 23.7 Å². The lowest BCUT2D eigenvalue weighted by molar-refractivity contribution is 0.0488. The molecule has 33 heavy (non-hydrogen) atoms. The standard InChI is InChI=1S/C26H29ClFN3O2/c1-15(31-19-8-10-24(31)23(13-19)30-25(32)33-26(2,3)4)16-7-9-21(27)20(11-16)17-5-6-18(14-29)22(28)12-17/h5-7,9,11-12,15,19,23-24H,8,10,13H2,1-4H3,(H,30,32)/t15?,19-,23+,24+/m0/s1. The van der Waals surface area contributed by atoms with Gasteiger partial charge in [-0.05, 0) is 82.3 Å². The number of carbonyl (C=O) groups excluding carboxylic acids is 1. The molecule has 1 unspecified atom stereocenters.